The summed E-state index contributed by atoms with van der Waals surface area (Å²) in [4.78, 5) is 28.5. The van der Waals surface area contributed by atoms with E-state index in [-0.39, 0.29) is 18.3 Å². The maximum atomic E-state index is 12.8. The Labute approximate surface area is 160 Å². The zero-order valence-corrected chi connectivity index (χ0v) is 16.0. The van der Waals surface area contributed by atoms with Gasteiger partial charge in [-0.05, 0) is 37.6 Å². The van der Waals surface area contributed by atoms with Crippen LogP contribution in [0.1, 0.15) is 30.1 Å². The van der Waals surface area contributed by atoms with E-state index < -0.39 is 0 Å². The molecule has 0 N–H and O–H groups in total. The summed E-state index contributed by atoms with van der Waals surface area (Å²) in [7, 11) is 0. The third-order valence-electron chi connectivity index (χ3n) is 4.28. The summed E-state index contributed by atoms with van der Waals surface area (Å²) in [5.41, 5.74) is 0.574. The van der Waals surface area contributed by atoms with Crippen molar-refractivity contribution in [2.45, 2.75) is 19.8 Å². The number of carbonyl (C=O) groups is 2. The minimum atomic E-state index is -0.283. The largest absolute Gasteiger partial charge is 0.466 e. The fourth-order valence-electron chi connectivity index (χ4n) is 2.86. The Morgan fingerprint density at radius 3 is 2.54 bits per heavy atom. The first kappa shape index (κ1) is 20.7. The third-order valence-corrected chi connectivity index (χ3v) is 4.53. The zero-order chi connectivity index (χ0) is 18.8. The van der Waals surface area contributed by atoms with Gasteiger partial charge in [0.25, 0.3) is 5.91 Å². The van der Waals surface area contributed by atoms with Crippen molar-refractivity contribution in [3.05, 3.63) is 34.9 Å². The first-order chi connectivity index (χ1) is 12.6. The maximum absolute atomic E-state index is 12.8. The van der Waals surface area contributed by atoms with Crippen molar-refractivity contribution in [3.8, 4) is 0 Å². The van der Waals surface area contributed by atoms with Crippen LogP contribution in [0.4, 0.5) is 0 Å². The number of benzene rings is 1. The van der Waals surface area contributed by atoms with Gasteiger partial charge in [-0.25, -0.2) is 0 Å². The molecule has 1 aromatic carbocycles. The van der Waals surface area contributed by atoms with E-state index in [1.54, 1.807) is 36.1 Å². The first-order valence-electron chi connectivity index (χ1n) is 9.10. The van der Waals surface area contributed by atoms with E-state index in [2.05, 4.69) is 4.90 Å². The minimum Gasteiger partial charge on any atom is -0.466 e. The van der Waals surface area contributed by atoms with Gasteiger partial charge in [0.2, 0.25) is 0 Å². The average molecular weight is 383 g/mol. The fourth-order valence-corrected chi connectivity index (χ4v) is 2.99. The number of halogens is 1. The van der Waals surface area contributed by atoms with E-state index >= 15 is 0 Å². The number of nitrogens with zero attached hydrogens (tertiary/aromatic N) is 2. The molecule has 0 spiro atoms. The zero-order valence-electron chi connectivity index (χ0n) is 15.3. The molecule has 1 amide bonds. The van der Waals surface area contributed by atoms with Crippen LogP contribution < -0.4 is 0 Å². The minimum absolute atomic E-state index is 0.0899. The summed E-state index contributed by atoms with van der Waals surface area (Å²) >= 11 is 5.90. The highest BCUT2D eigenvalue weighted by Gasteiger charge is 2.18. The maximum Gasteiger partial charge on any atom is 0.307 e. The molecule has 7 heteroatoms. The van der Waals surface area contributed by atoms with E-state index in [4.69, 9.17) is 21.1 Å². The molecular formula is C19H27ClN2O4. The molecule has 0 saturated carbocycles. The van der Waals surface area contributed by atoms with Gasteiger partial charge in [-0.1, -0.05) is 11.6 Å². The van der Waals surface area contributed by atoms with Crippen molar-refractivity contribution in [3.63, 3.8) is 0 Å². The topological polar surface area (TPSA) is 59.1 Å². The van der Waals surface area contributed by atoms with Crippen molar-refractivity contribution in [2.75, 3.05) is 52.5 Å². The molecule has 1 aromatic rings. The fraction of sp³-hybridized carbons (Fsp3) is 0.579. The van der Waals surface area contributed by atoms with Crippen LogP contribution in [0.15, 0.2) is 24.3 Å². The van der Waals surface area contributed by atoms with Crippen molar-refractivity contribution < 1.29 is 19.1 Å². The quantitative estimate of drug-likeness (QED) is 0.614. The summed E-state index contributed by atoms with van der Waals surface area (Å²) in [6.07, 6.45) is 1.05. The van der Waals surface area contributed by atoms with Gasteiger partial charge in [-0.15, -0.1) is 0 Å². The Morgan fingerprint density at radius 1 is 1.19 bits per heavy atom. The SMILES string of the molecule is CCOC(=O)CCN(CCCN1CCOCC1)C(=O)c1ccc(Cl)cc1. The molecule has 26 heavy (non-hydrogen) atoms. The van der Waals surface area contributed by atoms with Gasteiger partial charge in [0.1, 0.15) is 0 Å². The van der Waals surface area contributed by atoms with Crippen LogP contribution in [0.3, 0.4) is 0 Å². The predicted octanol–water partition coefficient (Wildman–Crippen LogP) is 2.46. The summed E-state index contributed by atoms with van der Waals surface area (Å²) in [6.45, 7) is 7.35. The Kier molecular flexibility index (Phi) is 8.88. The molecule has 0 aliphatic carbocycles. The van der Waals surface area contributed by atoms with Crippen LogP contribution in [-0.2, 0) is 14.3 Å². The molecule has 0 radical (unpaired) electrons. The van der Waals surface area contributed by atoms with Crippen LogP contribution in [0, 0.1) is 0 Å². The van der Waals surface area contributed by atoms with Gasteiger partial charge < -0.3 is 14.4 Å². The highest BCUT2D eigenvalue weighted by molar-refractivity contribution is 6.30. The molecule has 1 saturated heterocycles. The lowest BCUT2D eigenvalue weighted by atomic mass is 10.2. The van der Waals surface area contributed by atoms with Crippen LogP contribution in [0.25, 0.3) is 0 Å². The summed E-state index contributed by atoms with van der Waals surface area (Å²) in [6, 6.07) is 6.83. The van der Waals surface area contributed by atoms with Crippen LogP contribution in [-0.4, -0.2) is 74.2 Å². The summed E-state index contributed by atoms with van der Waals surface area (Å²) in [5, 5.41) is 0.590. The first-order valence-corrected chi connectivity index (χ1v) is 9.48. The van der Waals surface area contributed by atoms with Gasteiger partial charge in [0.15, 0.2) is 0 Å². The number of ether oxygens (including phenoxy) is 2. The molecular weight excluding hydrogens is 356 g/mol. The van der Waals surface area contributed by atoms with E-state index in [1.165, 1.54) is 0 Å². The Balaban J connectivity index is 1.92. The highest BCUT2D eigenvalue weighted by atomic mass is 35.5. The Bertz CT molecular complexity index is 573. The van der Waals surface area contributed by atoms with Crippen molar-refractivity contribution in [1.82, 2.24) is 9.80 Å². The van der Waals surface area contributed by atoms with E-state index in [0.29, 0.717) is 30.3 Å². The lowest BCUT2D eigenvalue weighted by Gasteiger charge is -2.28. The summed E-state index contributed by atoms with van der Waals surface area (Å²) in [5.74, 6) is -0.373. The normalized spacial score (nSPS) is 14.8. The smallest absolute Gasteiger partial charge is 0.307 e. The highest BCUT2D eigenvalue weighted by Crippen LogP contribution is 2.13. The molecule has 0 bridgehead atoms. The molecule has 0 aromatic heterocycles. The number of amides is 1. The number of hydrogen-bond donors (Lipinski definition) is 0. The molecule has 0 unspecified atom stereocenters. The molecule has 0 atom stereocenters. The Morgan fingerprint density at radius 2 is 1.88 bits per heavy atom. The van der Waals surface area contributed by atoms with Crippen LogP contribution in [0.5, 0.6) is 0 Å². The van der Waals surface area contributed by atoms with Crippen molar-refractivity contribution >= 4 is 23.5 Å². The van der Waals surface area contributed by atoms with Crippen LogP contribution >= 0.6 is 11.6 Å². The molecule has 2 rings (SSSR count). The summed E-state index contributed by atoms with van der Waals surface area (Å²) < 4.78 is 10.3. The standard InChI is InChI=1S/C19H27ClN2O4/c1-2-26-18(23)8-11-22(10-3-9-21-12-14-25-15-13-21)19(24)16-4-6-17(20)7-5-16/h4-7H,2-3,8-15H2,1H3. The lowest BCUT2D eigenvalue weighted by molar-refractivity contribution is -0.143. The predicted molar refractivity (Wildman–Crippen MR) is 100 cm³/mol. The second kappa shape index (κ2) is 11.2. The van der Waals surface area contributed by atoms with E-state index in [0.717, 1.165) is 39.3 Å². The van der Waals surface area contributed by atoms with E-state index in [1.807, 2.05) is 0 Å². The van der Waals surface area contributed by atoms with Gasteiger partial charge in [-0.2, -0.15) is 0 Å². The third kappa shape index (κ3) is 6.94. The second-order valence-corrected chi connectivity index (χ2v) is 6.60. The second-order valence-electron chi connectivity index (χ2n) is 6.16. The van der Waals surface area contributed by atoms with Gasteiger partial charge in [0, 0.05) is 43.3 Å². The number of hydrogen-bond acceptors (Lipinski definition) is 5. The average Bonchev–Trinajstić information content (AvgIpc) is 2.65. The number of morpholine rings is 1. The molecule has 1 aliphatic rings. The van der Waals surface area contributed by atoms with Gasteiger partial charge >= 0.3 is 5.97 Å². The number of carbonyl (C=O) groups excluding carboxylic acids is 2. The van der Waals surface area contributed by atoms with Crippen LogP contribution in [0.2, 0.25) is 5.02 Å². The monoisotopic (exact) mass is 382 g/mol. The molecule has 144 valence electrons. The molecule has 6 nitrogen and oxygen atoms in total. The number of esters is 1. The lowest BCUT2D eigenvalue weighted by Crippen LogP contribution is -2.39. The van der Waals surface area contributed by atoms with Gasteiger partial charge in [-0.3, -0.25) is 14.5 Å². The molecule has 1 fully saturated rings. The molecule has 1 aliphatic heterocycles. The van der Waals surface area contributed by atoms with Gasteiger partial charge in [0.05, 0.1) is 26.2 Å². The number of rotatable bonds is 9. The van der Waals surface area contributed by atoms with E-state index in [9.17, 15) is 9.59 Å². The Hall–Kier alpha value is -1.63. The molecule has 1 heterocycles. The van der Waals surface area contributed by atoms with Crippen molar-refractivity contribution in [1.29, 1.82) is 0 Å². The van der Waals surface area contributed by atoms with Crippen molar-refractivity contribution in [2.24, 2.45) is 0 Å².